The van der Waals surface area contributed by atoms with Gasteiger partial charge in [0, 0.05) is 24.5 Å². The first-order chi connectivity index (χ1) is 9.38. The van der Waals surface area contributed by atoms with Crippen molar-refractivity contribution < 1.29 is 13.3 Å². The molecule has 2 rings (SSSR count). The molecule has 0 saturated heterocycles. The molecule has 104 valence electrons. The molecule has 0 N–H and O–H groups in total. The van der Waals surface area contributed by atoms with Gasteiger partial charge >= 0.3 is 0 Å². The topological polar surface area (TPSA) is 103 Å². The van der Waals surface area contributed by atoms with Gasteiger partial charge < -0.3 is 0 Å². The van der Waals surface area contributed by atoms with Crippen LogP contribution in [-0.4, -0.2) is 23.3 Å². The number of non-ortho nitro benzene ring substituents is 1. The van der Waals surface area contributed by atoms with Crippen LogP contribution in [0.25, 0.3) is 0 Å². The number of rotatable bonds is 4. The van der Waals surface area contributed by atoms with Crippen LogP contribution in [0, 0.1) is 17.0 Å². The Kier molecular flexibility index (Phi) is 3.75. The van der Waals surface area contributed by atoms with Crippen molar-refractivity contribution in [3.05, 3.63) is 57.9 Å². The summed E-state index contributed by atoms with van der Waals surface area (Å²) in [5.74, 6) is -0.377. The Bertz CT molecular complexity index is 742. The lowest BCUT2D eigenvalue weighted by molar-refractivity contribution is -0.384. The molecular formula is C12H11N3O4S. The zero-order valence-electron chi connectivity index (χ0n) is 10.6. The lowest BCUT2D eigenvalue weighted by Gasteiger charge is -2.03. The van der Waals surface area contributed by atoms with Crippen molar-refractivity contribution >= 4 is 15.5 Å². The first kappa shape index (κ1) is 14.1. The molecule has 2 aromatic rings. The molecule has 0 bridgehead atoms. The Morgan fingerprint density at radius 1 is 1.25 bits per heavy atom. The van der Waals surface area contributed by atoms with Gasteiger partial charge in [-0.2, -0.15) is 0 Å². The van der Waals surface area contributed by atoms with Gasteiger partial charge in [0.25, 0.3) is 5.69 Å². The van der Waals surface area contributed by atoms with E-state index in [-0.39, 0.29) is 16.6 Å². The summed E-state index contributed by atoms with van der Waals surface area (Å²) in [7, 11) is -3.72. The summed E-state index contributed by atoms with van der Waals surface area (Å²) in [4.78, 5) is 17.6. The summed E-state index contributed by atoms with van der Waals surface area (Å²) in [6, 6.07) is 5.49. The summed E-state index contributed by atoms with van der Waals surface area (Å²) in [5, 5.41) is 10.4. The van der Waals surface area contributed by atoms with Gasteiger partial charge in [0.05, 0.1) is 10.7 Å². The van der Waals surface area contributed by atoms with E-state index in [4.69, 9.17) is 0 Å². The van der Waals surface area contributed by atoms with Crippen molar-refractivity contribution in [2.45, 2.75) is 17.8 Å². The number of nitro benzene ring substituents is 1. The van der Waals surface area contributed by atoms with Crippen molar-refractivity contribution in [3.63, 3.8) is 0 Å². The quantitative estimate of drug-likeness (QED) is 0.482. The SMILES string of the molecule is Cc1cnc(S(=O)(=O)Cc2cccc([N+](=O)[O-])c2)nc1. The second-order valence-electron chi connectivity index (χ2n) is 4.23. The molecule has 20 heavy (non-hydrogen) atoms. The fourth-order valence-electron chi connectivity index (χ4n) is 1.59. The number of nitro groups is 1. The highest BCUT2D eigenvalue weighted by molar-refractivity contribution is 7.90. The molecule has 0 aliphatic carbocycles. The van der Waals surface area contributed by atoms with Gasteiger partial charge in [-0.25, -0.2) is 18.4 Å². The van der Waals surface area contributed by atoms with E-state index in [1.165, 1.54) is 36.7 Å². The van der Waals surface area contributed by atoms with E-state index in [9.17, 15) is 18.5 Å². The maximum atomic E-state index is 12.1. The zero-order valence-corrected chi connectivity index (χ0v) is 11.4. The molecule has 0 fully saturated rings. The van der Waals surface area contributed by atoms with Crippen LogP contribution >= 0.6 is 0 Å². The molecule has 0 amide bonds. The molecule has 0 aliphatic rings. The second-order valence-corrected chi connectivity index (χ2v) is 6.11. The van der Waals surface area contributed by atoms with Crippen molar-refractivity contribution in [1.29, 1.82) is 0 Å². The molecule has 0 spiro atoms. The molecule has 0 radical (unpaired) electrons. The number of hydrogen-bond donors (Lipinski definition) is 0. The minimum Gasteiger partial charge on any atom is -0.258 e. The maximum absolute atomic E-state index is 12.1. The van der Waals surface area contributed by atoms with Crippen LogP contribution < -0.4 is 0 Å². The minimum absolute atomic E-state index is 0.150. The van der Waals surface area contributed by atoms with E-state index < -0.39 is 14.8 Å². The van der Waals surface area contributed by atoms with Crippen molar-refractivity contribution in [3.8, 4) is 0 Å². The Hall–Kier alpha value is -2.35. The van der Waals surface area contributed by atoms with Crippen LogP contribution in [0.2, 0.25) is 0 Å². The van der Waals surface area contributed by atoms with Crippen LogP contribution in [0.4, 0.5) is 5.69 Å². The molecule has 0 saturated carbocycles. The van der Waals surface area contributed by atoms with Gasteiger partial charge in [0.2, 0.25) is 15.0 Å². The van der Waals surface area contributed by atoms with E-state index in [2.05, 4.69) is 9.97 Å². The van der Waals surface area contributed by atoms with E-state index >= 15 is 0 Å². The van der Waals surface area contributed by atoms with E-state index in [0.29, 0.717) is 5.56 Å². The number of benzene rings is 1. The van der Waals surface area contributed by atoms with E-state index in [1.54, 1.807) is 6.92 Å². The highest BCUT2D eigenvalue weighted by Crippen LogP contribution is 2.17. The third-order valence-electron chi connectivity index (χ3n) is 2.51. The fourth-order valence-corrected chi connectivity index (χ4v) is 2.76. The zero-order chi connectivity index (χ0) is 14.8. The van der Waals surface area contributed by atoms with Gasteiger partial charge in [-0.15, -0.1) is 0 Å². The average molecular weight is 293 g/mol. The summed E-state index contributed by atoms with van der Waals surface area (Å²) < 4.78 is 24.2. The molecule has 7 nitrogen and oxygen atoms in total. The predicted molar refractivity (Wildman–Crippen MR) is 70.8 cm³/mol. The molecule has 0 unspecified atom stereocenters. The highest BCUT2D eigenvalue weighted by atomic mass is 32.2. The monoisotopic (exact) mass is 293 g/mol. The van der Waals surface area contributed by atoms with Gasteiger partial charge in [-0.1, -0.05) is 12.1 Å². The van der Waals surface area contributed by atoms with Crippen molar-refractivity contribution in [1.82, 2.24) is 9.97 Å². The van der Waals surface area contributed by atoms with Gasteiger partial charge in [0.1, 0.15) is 0 Å². The van der Waals surface area contributed by atoms with Crippen LogP contribution in [0.5, 0.6) is 0 Å². The lowest BCUT2D eigenvalue weighted by Crippen LogP contribution is -2.09. The molecule has 1 aromatic heterocycles. The van der Waals surface area contributed by atoms with E-state index in [1.807, 2.05) is 0 Å². The Balaban J connectivity index is 2.31. The number of aryl methyl sites for hydroxylation is 1. The van der Waals surface area contributed by atoms with Crippen LogP contribution in [0.15, 0.2) is 41.8 Å². The molecule has 1 aromatic carbocycles. The Morgan fingerprint density at radius 3 is 2.50 bits per heavy atom. The molecule has 0 aliphatic heterocycles. The molecule has 8 heteroatoms. The Labute approximate surface area is 115 Å². The first-order valence-corrected chi connectivity index (χ1v) is 7.28. The third kappa shape index (κ3) is 3.15. The molecule has 0 atom stereocenters. The second kappa shape index (κ2) is 5.33. The smallest absolute Gasteiger partial charge is 0.258 e. The maximum Gasteiger partial charge on any atom is 0.269 e. The van der Waals surface area contributed by atoms with Crippen LogP contribution in [-0.2, 0) is 15.6 Å². The number of sulfone groups is 1. The predicted octanol–water partition coefficient (Wildman–Crippen LogP) is 1.67. The lowest BCUT2D eigenvalue weighted by atomic mass is 10.2. The van der Waals surface area contributed by atoms with Gasteiger partial charge in [-0.05, 0) is 18.1 Å². The summed E-state index contributed by atoms with van der Waals surface area (Å²) >= 11 is 0. The number of hydrogen-bond acceptors (Lipinski definition) is 6. The normalized spacial score (nSPS) is 11.2. The summed E-state index contributed by atoms with van der Waals surface area (Å²) in [6.45, 7) is 1.75. The molecular weight excluding hydrogens is 282 g/mol. The van der Waals surface area contributed by atoms with Crippen molar-refractivity contribution in [2.75, 3.05) is 0 Å². The summed E-state index contributed by atoms with van der Waals surface area (Å²) in [5.41, 5.74) is 0.921. The van der Waals surface area contributed by atoms with Gasteiger partial charge in [-0.3, -0.25) is 10.1 Å². The Morgan fingerprint density at radius 2 is 1.90 bits per heavy atom. The fraction of sp³-hybridized carbons (Fsp3) is 0.167. The van der Waals surface area contributed by atoms with Crippen LogP contribution in [0.1, 0.15) is 11.1 Å². The average Bonchev–Trinajstić information content (AvgIpc) is 2.39. The third-order valence-corrected chi connectivity index (χ3v) is 3.99. The molecule has 1 heterocycles. The summed E-state index contributed by atoms with van der Waals surface area (Å²) in [6.07, 6.45) is 2.82. The number of nitrogens with zero attached hydrogens (tertiary/aromatic N) is 3. The van der Waals surface area contributed by atoms with Crippen molar-refractivity contribution in [2.24, 2.45) is 0 Å². The van der Waals surface area contributed by atoms with Gasteiger partial charge in [0.15, 0.2) is 0 Å². The number of aromatic nitrogens is 2. The minimum atomic E-state index is -3.72. The first-order valence-electron chi connectivity index (χ1n) is 5.63. The van der Waals surface area contributed by atoms with E-state index in [0.717, 1.165) is 5.56 Å². The van der Waals surface area contributed by atoms with Crippen LogP contribution in [0.3, 0.4) is 0 Å². The largest absolute Gasteiger partial charge is 0.269 e. The standard InChI is InChI=1S/C12H11N3O4S/c1-9-6-13-12(14-7-9)20(18,19)8-10-3-2-4-11(5-10)15(16)17/h2-7H,8H2,1H3. The highest BCUT2D eigenvalue weighted by Gasteiger charge is 2.19.